The van der Waals surface area contributed by atoms with Crippen molar-refractivity contribution < 1.29 is 18.7 Å². The Kier molecular flexibility index (Phi) is 5.87. The van der Waals surface area contributed by atoms with Crippen LogP contribution < -0.4 is 25.6 Å². The average molecular weight is 412 g/mol. The van der Waals surface area contributed by atoms with E-state index in [0.29, 0.717) is 12.2 Å². The first-order valence-electron chi connectivity index (χ1n) is 9.93. The molecule has 1 aromatic heterocycles. The van der Waals surface area contributed by atoms with Gasteiger partial charge in [-0.3, -0.25) is 4.79 Å². The zero-order valence-electron chi connectivity index (χ0n) is 16.9. The van der Waals surface area contributed by atoms with Gasteiger partial charge in [-0.1, -0.05) is 0 Å². The Balaban J connectivity index is 1.38. The molecule has 3 N–H and O–H groups in total. The van der Waals surface area contributed by atoms with Gasteiger partial charge >= 0.3 is 0 Å². The number of benzene rings is 2. The molecule has 0 saturated carbocycles. The number of nitrogens with zero attached hydrogens (tertiary/aromatic N) is 1. The Hall–Kier alpha value is -3.10. The number of ether oxygens (including phenoxy) is 2. The highest BCUT2D eigenvalue weighted by atomic mass is 19.1. The van der Waals surface area contributed by atoms with Crippen LogP contribution in [0.25, 0.3) is 10.9 Å². The van der Waals surface area contributed by atoms with Crippen molar-refractivity contribution in [3.63, 3.8) is 0 Å². The minimum Gasteiger partial charge on any atom is -0.497 e. The van der Waals surface area contributed by atoms with Crippen LogP contribution in [-0.2, 0) is 11.3 Å². The van der Waals surface area contributed by atoms with Crippen LogP contribution in [0, 0.1) is 5.82 Å². The Bertz CT molecular complexity index is 1030. The summed E-state index contributed by atoms with van der Waals surface area (Å²) >= 11 is 0. The zero-order chi connectivity index (χ0) is 21.1. The van der Waals surface area contributed by atoms with Gasteiger partial charge in [0.05, 0.1) is 24.8 Å². The number of halogens is 1. The molecule has 3 aromatic rings. The van der Waals surface area contributed by atoms with E-state index in [1.165, 1.54) is 24.3 Å². The molecule has 1 aliphatic heterocycles. The summed E-state index contributed by atoms with van der Waals surface area (Å²) in [6, 6.07) is 13.8. The quantitative estimate of drug-likeness (QED) is 0.556. The average Bonchev–Trinajstić information content (AvgIpc) is 3.36. The Morgan fingerprint density at radius 2 is 1.93 bits per heavy atom. The van der Waals surface area contributed by atoms with E-state index in [9.17, 15) is 9.18 Å². The first kappa shape index (κ1) is 20.2. The lowest BCUT2D eigenvalue weighted by molar-refractivity contribution is -0.123. The fourth-order valence-electron chi connectivity index (χ4n) is 3.78. The summed E-state index contributed by atoms with van der Waals surface area (Å²) in [6.07, 6.45) is 0.465. The summed E-state index contributed by atoms with van der Waals surface area (Å²) in [7, 11) is 1.66. The van der Waals surface area contributed by atoms with Gasteiger partial charge in [0.15, 0.2) is 6.61 Å². The van der Waals surface area contributed by atoms with Crippen molar-refractivity contribution in [1.82, 2.24) is 20.7 Å². The number of carbonyl (C=O) groups excluding carboxylic acids is 1. The fraction of sp³-hybridized carbons (Fsp3) is 0.318. The molecule has 0 aliphatic carbocycles. The summed E-state index contributed by atoms with van der Waals surface area (Å²) in [5, 5.41) is 4.06. The smallest absolute Gasteiger partial charge is 0.259 e. The third-order valence-corrected chi connectivity index (χ3v) is 5.24. The molecule has 1 aliphatic rings. The largest absolute Gasteiger partial charge is 0.497 e. The maximum atomic E-state index is 12.9. The molecule has 0 bridgehead atoms. The number of hydrogen-bond donors (Lipinski definition) is 3. The number of amides is 1. The van der Waals surface area contributed by atoms with E-state index >= 15 is 0 Å². The molecule has 1 amide bonds. The highest BCUT2D eigenvalue weighted by molar-refractivity contribution is 5.83. The predicted molar refractivity (Wildman–Crippen MR) is 112 cm³/mol. The van der Waals surface area contributed by atoms with Crippen molar-refractivity contribution in [2.45, 2.75) is 32.1 Å². The van der Waals surface area contributed by atoms with Gasteiger partial charge in [-0.25, -0.2) is 15.2 Å². The Labute approximate surface area is 174 Å². The number of aryl methyl sites for hydroxylation is 1. The normalized spacial score (nSPS) is 18.5. The number of methoxy groups -OCH3 is 1. The van der Waals surface area contributed by atoms with Gasteiger partial charge in [0.1, 0.15) is 17.3 Å². The van der Waals surface area contributed by atoms with Gasteiger partial charge in [-0.15, -0.1) is 0 Å². The van der Waals surface area contributed by atoms with E-state index in [4.69, 9.17) is 9.47 Å². The lowest BCUT2D eigenvalue weighted by Gasteiger charge is -2.14. The number of fused-ring (bicyclic) bond motifs is 1. The first-order valence-corrected chi connectivity index (χ1v) is 9.93. The summed E-state index contributed by atoms with van der Waals surface area (Å²) in [6.45, 7) is 2.80. The lowest BCUT2D eigenvalue weighted by Crippen LogP contribution is -2.45. The second-order valence-corrected chi connectivity index (χ2v) is 7.18. The van der Waals surface area contributed by atoms with Crippen LogP contribution in [0.1, 0.15) is 25.1 Å². The van der Waals surface area contributed by atoms with Crippen LogP contribution in [0.15, 0.2) is 48.5 Å². The van der Waals surface area contributed by atoms with Crippen LogP contribution in [0.5, 0.6) is 11.5 Å². The van der Waals surface area contributed by atoms with Crippen molar-refractivity contribution >= 4 is 16.8 Å². The van der Waals surface area contributed by atoms with Gasteiger partial charge in [0.2, 0.25) is 0 Å². The highest BCUT2D eigenvalue weighted by Gasteiger charge is 2.28. The van der Waals surface area contributed by atoms with Crippen LogP contribution in [0.2, 0.25) is 0 Å². The minimum atomic E-state index is -0.345. The number of hydrazine groups is 1. The molecule has 7 nitrogen and oxygen atoms in total. The lowest BCUT2D eigenvalue weighted by atomic mass is 10.1. The third-order valence-electron chi connectivity index (χ3n) is 5.24. The second-order valence-electron chi connectivity index (χ2n) is 7.18. The van der Waals surface area contributed by atoms with Crippen molar-refractivity contribution in [3.8, 4) is 11.5 Å². The van der Waals surface area contributed by atoms with Gasteiger partial charge in [0, 0.05) is 30.1 Å². The zero-order valence-corrected chi connectivity index (χ0v) is 16.9. The molecule has 2 heterocycles. The summed E-state index contributed by atoms with van der Waals surface area (Å²) in [5.74, 6) is 0.678. The number of rotatable bonds is 7. The van der Waals surface area contributed by atoms with E-state index < -0.39 is 0 Å². The summed E-state index contributed by atoms with van der Waals surface area (Å²) in [4.78, 5) is 12.2. The van der Waals surface area contributed by atoms with E-state index in [1.807, 2.05) is 12.1 Å². The molecular weight excluding hydrogens is 387 g/mol. The van der Waals surface area contributed by atoms with Gasteiger partial charge in [-0.2, -0.15) is 0 Å². The Morgan fingerprint density at radius 1 is 1.17 bits per heavy atom. The van der Waals surface area contributed by atoms with E-state index in [1.54, 1.807) is 7.11 Å². The van der Waals surface area contributed by atoms with Gasteiger partial charge in [-0.05, 0) is 49.4 Å². The number of carbonyl (C=O) groups is 1. The molecule has 158 valence electrons. The van der Waals surface area contributed by atoms with Gasteiger partial charge in [0.25, 0.3) is 5.91 Å². The molecule has 2 atom stereocenters. The van der Waals surface area contributed by atoms with Crippen molar-refractivity contribution in [1.29, 1.82) is 0 Å². The molecule has 2 unspecified atom stereocenters. The Morgan fingerprint density at radius 3 is 2.67 bits per heavy atom. The van der Waals surface area contributed by atoms with Crippen LogP contribution in [-0.4, -0.2) is 30.4 Å². The van der Waals surface area contributed by atoms with Crippen LogP contribution >= 0.6 is 0 Å². The van der Waals surface area contributed by atoms with Crippen molar-refractivity contribution in [2.24, 2.45) is 0 Å². The molecule has 2 aromatic carbocycles. The van der Waals surface area contributed by atoms with Crippen molar-refractivity contribution in [3.05, 3.63) is 60.0 Å². The second kappa shape index (κ2) is 8.73. The fourth-order valence-corrected chi connectivity index (χ4v) is 3.78. The third kappa shape index (κ3) is 4.24. The predicted octanol–water partition coefficient (Wildman–Crippen LogP) is 2.87. The monoisotopic (exact) mass is 412 g/mol. The maximum absolute atomic E-state index is 12.9. The topological polar surface area (TPSA) is 76.6 Å². The molecule has 8 heteroatoms. The minimum absolute atomic E-state index is 0.0478. The molecule has 0 spiro atoms. The molecule has 4 rings (SSSR count). The SMILES string of the molecule is CCn1c(C2CC(NC(=O)COc3ccc(F)cc3)NN2)cc2ccc(OC)cc21. The summed E-state index contributed by atoms with van der Waals surface area (Å²) < 4.78 is 25.9. The molecule has 1 fully saturated rings. The molecule has 0 radical (unpaired) electrons. The number of hydrogen-bond acceptors (Lipinski definition) is 5. The molecule has 30 heavy (non-hydrogen) atoms. The van der Waals surface area contributed by atoms with E-state index in [0.717, 1.165) is 28.9 Å². The van der Waals surface area contributed by atoms with Crippen LogP contribution in [0.4, 0.5) is 4.39 Å². The molecular formula is C22H25FN4O3. The summed E-state index contributed by atoms with van der Waals surface area (Å²) in [5.41, 5.74) is 8.67. The highest BCUT2D eigenvalue weighted by Crippen LogP contribution is 2.30. The first-order chi connectivity index (χ1) is 14.6. The van der Waals surface area contributed by atoms with Crippen molar-refractivity contribution in [2.75, 3.05) is 13.7 Å². The van der Waals surface area contributed by atoms with Crippen LogP contribution in [0.3, 0.4) is 0 Å². The maximum Gasteiger partial charge on any atom is 0.259 e. The standard InChI is InChI=1S/C22H25FN4O3/c1-3-27-19-11-17(29-2)7-4-14(19)10-20(27)18-12-21(26-25-18)24-22(28)13-30-16-8-5-15(23)6-9-16/h4-11,18,21,25-26H,3,12-13H2,1-2H3,(H,24,28). The number of nitrogens with one attached hydrogen (secondary N) is 3. The van der Waals surface area contributed by atoms with E-state index in [-0.39, 0.29) is 30.5 Å². The van der Waals surface area contributed by atoms with E-state index in [2.05, 4.69) is 39.8 Å². The number of aromatic nitrogens is 1. The molecule has 1 saturated heterocycles. The van der Waals surface area contributed by atoms with Gasteiger partial charge < -0.3 is 19.4 Å².